The van der Waals surface area contributed by atoms with Crippen molar-refractivity contribution in [3.8, 4) is 5.75 Å². The molecule has 136 valence electrons. The lowest BCUT2D eigenvalue weighted by atomic mass is 10.3. The third-order valence-electron chi connectivity index (χ3n) is 3.13. The van der Waals surface area contributed by atoms with Gasteiger partial charge in [-0.15, -0.1) is 24.0 Å². The number of aliphatic imine (C=N–C) groups is 1. The maximum absolute atomic E-state index is 11.1. The fourth-order valence-electron chi connectivity index (χ4n) is 2.05. The number of nitrogens with zero attached hydrogens (tertiary/aromatic N) is 2. The molecular formula is C14H23IN4O4S. The molecule has 0 bridgehead atoms. The van der Waals surface area contributed by atoms with Crippen LogP contribution in [0.25, 0.3) is 0 Å². The summed E-state index contributed by atoms with van der Waals surface area (Å²) in [5.74, 6) is 1.15. The highest BCUT2D eigenvalue weighted by molar-refractivity contribution is 14.0. The fourth-order valence-corrected chi connectivity index (χ4v) is 2.61. The molecule has 1 aromatic rings. The third kappa shape index (κ3) is 7.53. The van der Waals surface area contributed by atoms with Crippen LogP contribution in [0.5, 0.6) is 5.75 Å². The summed E-state index contributed by atoms with van der Waals surface area (Å²) in [7, 11) is -3.27. The third-order valence-corrected chi connectivity index (χ3v) is 3.73. The van der Waals surface area contributed by atoms with Gasteiger partial charge in [-0.3, -0.25) is 4.72 Å². The number of ether oxygens (including phenoxy) is 2. The SMILES string of the molecule is CS(=O)(=O)Nc1ccc(OCCN=C(N)N2CCOCC2)cc1.I. The number of hydrogen-bond donors (Lipinski definition) is 2. The van der Waals surface area contributed by atoms with Crippen LogP contribution in [-0.4, -0.2) is 65.0 Å². The lowest BCUT2D eigenvalue weighted by molar-refractivity contribution is 0.0674. The van der Waals surface area contributed by atoms with Gasteiger partial charge in [-0.1, -0.05) is 0 Å². The molecule has 1 aliphatic rings. The Morgan fingerprint density at radius 3 is 2.54 bits per heavy atom. The minimum atomic E-state index is -3.27. The highest BCUT2D eigenvalue weighted by Crippen LogP contribution is 2.16. The first-order valence-corrected chi connectivity index (χ1v) is 9.16. The van der Waals surface area contributed by atoms with Crippen LogP contribution < -0.4 is 15.2 Å². The number of nitrogens with two attached hydrogens (primary N) is 1. The second kappa shape index (κ2) is 9.89. The smallest absolute Gasteiger partial charge is 0.229 e. The molecule has 0 amide bonds. The molecule has 10 heteroatoms. The van der Waals surface area contributed by atoms with Crippen LogP contribution in [0, 0.1) is 0 Å². The Labute approximate surface area is 159 Å². The molecule has 0 spiro atoms. The van der Waals surface area contributed by atoms with Crippen molar-refractivity contribution in [2.24, 2.45) is 10.7 Å². The summed E-state index contributed by atoms with van der Waals surface area (Å²) in [6, 6.07) is 6.68. The molecule has 1 fully saturated rings. The number of benzene rings is 1. The first-order chi connectivity index (χ1) is 10.9. The van der Waals surface area contributed by atoms with Crippen LogP contribution in [0.2, 0.25) is 0 Å². The Morgan fingerprint density at radius 2 is 1.96 bits per heavy atom. The number of halogens is 1. The summed E-state index contributed by atoms with van der Waals surface area (Å²) in [6.07, 6.45) is 1.11. The molecule has 8 nitrogen and oxygen atoms in total. The van der Waals surface area contributed by atoms with E-state index in [1.54, 1.807) is 24.3 Å². The highest BCUT2D eigenvalue weighted by Gasteiger charge is 2.11. The van der Waals surface area contributed by atoms with Crippen molar-refractivity contribution in [1.82, 2.24) is 4.90 Å². The molecule has 1 aromatic carbocycles. The van der Waals surface area contributed by atoms with Gasteiger partial charge in [0.1, 0.15) is 12.4 Å². The molecule has 1 saturated heterocycles. The molecule has 1 aliphatic heterocycles. The summed E-state index contributed by atoms with van der Waals surface area (Å²) in [6.45, 7) is 3.69. The minimum absolute atomic E-state index is 0. The molecule has 0 unspecified atom stereocenters. The van der Waals surface area contributed by atoms with Gasteiger partial charge >= 0.3 is 0 Å². The summed E-state index contributed by atoms with van der Waals surface area (Å²) >= 11 is 0. The molecular weight excluding hydrogens is 447 g/mol. The number of guanidine groups is 1. The average molecular weight is 470 g/mol. The predicted molar refractivity (Wildman–Crippen MR) is 105 cm³/mol. The van der Waals surface area contributed by atoms with E-state index >= 15 is 0 Å². The summed E-state index contributed by atoms with van der Waals surface area (Å²) < 4.78 is 35.4. The van der Waals surface area contributed by atoms with Gasteiger partial charge in [0.2, 0.25) is 10.0 Å². The monoisotopic (exact) mass is 470 g/mol. The summed E-state index contributed by atoms with van der Waals surface area (Å²) in [5, 5.41) is 0. The molecule has 2 rings (SSSR count). The van der Waals surface area contributed by atoms with E-state index in [9.17, 15) is 8.42 Å². The number of sulfonamides is 1. The van der Waals surface area contributed by atoms with E-state index < -0.39 is 10.0 Å². The zero-order chi connectivity index (χ0) is 16.7. The van der Waals surface area contributed by atoms with E-state index in [0.29, 0.717) is 43.8 Å². The number of morpholine rings is 1. The van der Waals surface area contributed by atoms with E-state index in [1.165, 1.54) is 0 Å². The van der Waals surface area contributed by atoms with Crippen LogP contribution in [-0.2, 0) is 14.8 Å². The van der Waals surface area contributed by atoms with Gasteiger partial charge in [-0.25, -0.2) is 13.4 Å². The van der Waals surface area contributed by atoms with Crippen molar-refractivity contribution in [1.29, 1.82) is 0 Å². The van der Waals surface area contributed by atoms with Gasteiger partial charge in [-0.05, 0) is 24.3 Å². The predicted octanol–water partition coefficient (Wildman–Crippen LogP) is 0.702. The zero-order valence-electron chi connectivity index (χ0n) is 13.5. The molecule has 0 radical (unpaired) electrons. The molecule has 0 saturated carbocycles. The van der Waals surface area contributed by atoms with Gasteiger partial charge < -0.3 is 20.1 Å². The number of rotatable bonds is 6. The van der Waals surface area contributed by atoms with Crippen molar-refractivity contribution in [2.75, 3.05) is 50.4 Å². The standard InChI is InChI=1S/C14H22N4O4S.HI/c1-23(19,20)17-12-2-4-13(5-3-12)22-9-6-16-14(15)18-7-10-21-11-8-18;/h2-5,17H,6-11H2,1H3,(H2,15,16);1H. The number of hydrogen-bond acceptors (Lipinski definition) is 5. The van der Waals surface area contributed by atoms with Crippen LogP contribution in [0.1, 0.15) is 0 Å². The van der Waals surface area contributed by atoms with E-state index in [4.69, 9.17) is 15.2 Å². The van der Waals surface area contributed by atoms with Crippen LogP contribution >= 0.6 is 24.0 Å². The summed E-state index contributed by atoms with van der Waals surface area (Å²) in [4.78, 5) is 6.26. The normalized spacial score (nSPS) is 15.5. The van der Waals surface area contributed by atoms with Gasteiger partial charge in [0, 0.05) is 18.8 Å². The second-order valence-electron chi connectivity index (χ2n) is 5.09. The zero-order valence-corrected chi connectivity index (χ0v) is 16.6. The Morgan fingerprint density at radius 1 is 1.33 bits per heavy atom. The Balaban J connectivity index is 0.00000288. The molecule has 0 atom stereocenters. The quantitative estimate of drug-likeness (QED) is 0.275. The van der Waals surface area contributed by atoms with E-state index in [0.717, 1.165) is 19.3 Å². The maximum atomic E-state index is 11.1. The van der Waals surface area contributed by atoms with E-state index in [1.807, 2.05) is 4.90 Å². The summed E-state index contributed by atoms with van der Waals surface area (Å²) in [5.41, 5.74) is 6.40. The number of anilines is 1. The Hall–Kier alpha value is -1.27. The molecule has 3 N–H and O–H groups in total. The highest BCUT2D eigenvalue weighted by atomic mass is 127. The van der Waals surface area contributed by atoms with Gasteiger partial charge in [-0.2, -0.15) is 0 Å². The first kappa shape index (κ1) is 20.8. The first-order valence-electron chi connectivity index (χ1n) is 7.27. The topological polar surface area (TPSA) is 106 Å². The van der Waals surface area contributed by atoms with Crippen molar-refractivity contribution < 1.29 is 17.9 Å². The molecule has 24 heavy (non-hydrogen) atoms. The molecule has 1 heterocycles. The van der Waals surface area contributed by atoms with Crippen LogP contribution in [0.4, 0.5) is 5.69 Å². The van der Waals surface area contributed by atoms with Gasteiger partial charge in [0.25, 0.3) is 0 Å². The van der Waals surface area contributed by atoms with Crippen molar-refractivity contribution in [3.63, 3.8) is 0 Å². The van der Waals surface area contributed by atoms with E-state index in [-0.39, 0.29) is 24.0 Å². The van der Waals surface area contributed by atoms with Crippen molar-refractivity contribution in [2.45, 2.75) is 0 Å². The maximum Gasteiger partial charge on any atom is 0.229 e. The minimum Gasteiger partial charge on any atom is -0.492 e. The van der Waals surface area contributed by atoms with Gasteiger partial charge in [0.05, 0.1) is 26.0 Å². The molecule has 0 aromatic heterocycles. The lowest BCUT2D eigenvalue weighted by Crippen LogP contribution is -2.45. The fraction of sp³-hybridized carbons (Fsp3) is 0.500. The van der Waals surface area contributed by atoms with Crippen LogP contribution in [0.15, 0.2) is 29.3 Å². The van der Waals surface area contributed by atoms with Crippen molar-refractivity contribution >= 4 is 45.6 Å². The molecule has 0 aliphatic carbocycles. The number of nitrogens with one attached hydrogen (secondary N) is 1. The van der Waals surface area contributed by atoms with Gasteiger partial charge in [0.15, 0.2) is 5.96 Å². The van der Waals surface area contributed by atoms with Crippen molar-refractivity contribution in [3.05, 3.63) is 24.3 Å². The van der Waals surface area contributed by atoms with Crippen LogP contribution in [0.3, 0.4) is 0 Å². The Kier molecular flexibility index (Phi) is 8.56. The largest absolute Gasteiger partial charge is 0.492 e. The average Bonchev–Trinajstić information content (AvgIpc) is 2.52. The Bertz CT molecular complexity index is 631. The van der Waals surface area contributed by atoms with E-state index in [2.05, 4.69) is 9.71 Å². The second-order valence-corrected chi connectivity index (χ2v) is 6.83. The lowest BCUT2D eigenvalue weighted by Gasteiger charge is -2.27.